The molecule has 1 amide bonds. The van der Waals surface area contributed by atoms with Gasteiger partial charge in [0.15, 0.2) is 0 Å². The van der Waals surface area contributed by atoms with E-state index in [0.29, 0.717) is 12.0 Å². The van der Waals surface area contributed by atoms with Gasteiger partial charge in [-0.15, -0.1) is 12.4 Å². The summed E-state index contributed by atoms with van der Waals surface area (Å²) in [4.78, 5) is 12.3. The fraction of sp³-hybridized carbons (Fsp3) is 0.769. The lowest BCUT2D eigenvalue weighted by Crippen LogP contribution is -2.52. The largest absolute Gasteiger partial charge is 0.394 e. The highest BCUT2D eigenvalue weighted by Crippen LogP contribution is 2.37. The summed E-state index contributed by atoms with van der Waals surface area (Å²) in [5, 5.41) is 16.0. The van der Waals surface area contributed by atoms with Crippen LogP contribution in [0.3, 0.4) is 0 Å². The molecule has 0 spiro atoms. The van der Waals surface area contributed by atoms with Crippen LogP contribution < -0.4 is 10.6 Å². The summed E-state index contributed by atoms with van der Waals surface area (Å²) in [7, 11) is 0. The first kappa shape index (κ1) is 13.8. The number of aliphatic hydroxyl groups is 1. The van der Waals surface area contributed by atoms with Crippen molar-refractivity contribution in [2.45, 2.75) is 37.3 Å². The number of aliphatic hydroxyl groups excluding tert-OH is 1. The number of nitrogens with one attached hydrogen (secondary N) is 2. The van der Waals surface area contributed by atoms with Gasteiger partial charge in [0.2, 0.25) is 5.91 Å². The summed E-state index contributed by atoms with van der Waals surface area (Å²) in [6.07, 6.45) is 7.87. The zero-order valence-electron chi connectivity index (χ0n) is 10.4. The van der Waals surface area contributed by atoms with Gasteiger partial charge >= 0.3 is 0 Å². The van der Waals surface area contributed by atoms with E-state index in [1.54, 1.807) is 0 Å². The Morgan fingerprint density at radius 1 is 1.39 bits per heavy atom. The first-order valence-corrected chi connectivity index (χ1v) is 6.55. The number of hydrogen-bond acceptors (Lipinski definition) is 3. The maximum absolute atomic E-state index is 12.3. The van der Waals surface area contributed by atoms with Crippen LogP contribution in [0.2, 0.25) is 0 Å². The summed E-state index contributed by atoms with van der Waals surface area (Å²) in [5.41, 5.74) is -0.418. The Balaban J connectivity index is 0.00000120. The molecule has 102 valence electrons. The number of carbonyl (C=O) groups is 1. The van der Waals surface area contributed by atoms with E-state index >= 15 is 0 Å². The van der Waals surface area contributed by atoms with Gasteiger partial charge in [-0.05, 0) is 38.1 Å². The number of halogens is 1. The van der Waals surface area contributed by atoms with Crippen molar-refractivity contribution in [3.8, 4) is 0 Å². The molecular formula is C13H21ClN2O2. The predicted molar refractivity (Wildman–Crippen MR) is 71.6 cm³/mol. The first-order valence-electron chi connectivity index (χ1n) is 6.55. The van der Waals surface area contributed by atoms with Crippen LogP contribution in [0.4, 0.5) is 0 Å². The van der Waals surface area contributed by atoms with E-state index in [4.69, 9.17) is 0 Å². The minimum absolute atomic E-state index is 0. The molecule has 18 heavy (non-hydrogen) atoms. The molecule has 0 aromatic heterocycles. The summed E-state index contributed by atoms with van der Waals surface area (Å²) in [5.74, 6) is 0.768. The molecule has 0 aromatic carbocycles. The van der Waals surface area contributed by atoms with Gasteiger partial charge in [-0.1, -0.05) is 12.2 Å². The highest BCUT2D eigenvalue weighted by atomic mass is 35.5. The van der Waals surface area contributed by atoms with Crippen molar-refractivity contribution >= 4 is 18.3 Å². The molecule has 2 aliphatic carbocycles. The van der Waals surface area contributed by atoms with E-state index in [1.165, 1.54) is 6.42 Å². The average molecular weight is 273 g/mol. The van der Waals surface area contributed by atoms with Crippen molar-refractivity contribution in [2.75, 3.05) is 13.2 Å². The lowest BCUT2D eigenvalue weighted by Gasteiger charge is -2.30. The predicted octanol–water partition coefficient (Wildman–Crippen LogP) is 0.603. The SMILES string of the molecule is Cl.O=C(NC1(CO)CC=CC1)[C@@H]1[C@H]2CC[C@@H]1NC2. The first-order chi connectivity index (χ1) is 8.24. The van der Waals surface area contributed by atoms with Crippen LogP contribution in [0, 0.1) is 11.8 Å². The molecule has 1 heterocycles. The monoisotopic (exact) mass is 272 g/mol. The molecule has 2 fully saturated rings. The number of amides is 1. The van der Waals surface area contributed by atoms with Crippen LogP contribution in [0.15, 0.2) is 12.2 Å². The molecular weight excluding hydrogens is 252 g/mol. The van der Waals surface area contributed by atoms with Crippen LogP contribution in [-0.4, -0.2) is 35.7 Å². The van der Waals surface area contributed by atoms with Crippen molar-refractivity contribution in [3.63, 3.8) is 0 Å². The Bertz CT molecular complexity index is 331. The Morgan fingerprint density at radius 3 is 2.56 bits per heavy atom. The van der Waals surface area contributed by atoms with Crippen molar-refractivity contribution in [2.24, 2.45) is 11.8 Å². The summed E-state index contributed by atoms with van der Waals surface area (Å²) in [6, 6.07) is 0.366. The zero-order chi connectivity index (χ0) is 11.9. The fourth-order valence-corrected chi connectivity index (χ4v) is 3.56. The normalized spacial score (nSPS) is 35.5. The van der Waals surface area contributed by atoms with E-state index < -0.39 is 5.54 Å². The topological polar surface area (TPSA) is 61.4 Å². The molecule has 4 nitrogen and oxygen atoms in total. The van der Waals surface area contributed by atoms with Gasteiger partial charge in [0.05, 0.1) is 18.1 Å². The minimum Gasteiger partial charge on any atom is -0.394 e. The Hall–Kier alpha value is -0.580. The zero-order valence-corrected chi connectivity index (χ0v) is 11.2. The number of carbonyl (C=O) groups excluding carboxylic acids is 1. The van der Waals surface area contributed by atoms with Gasteiger partial charge in [0.1, 0.15) is 0 Å². The minimum atomic E-state index is -0.418. The lowest BCUT2D eigenvalue weighted by atomic mass is 9.93. The van der Waals surface area contributed by atoms with E-state index in [9.17, 15) is 9.90 Å². The fourth-order valence-electron chi connectivity index (χ4n) is 3.56. The molecule has 0 unspecified atom stereocenters. The van der Waals surface area contributed by atoms with E-state index in [0.717, 1.165) is 25.8 Å². The molecule has 3 aliphatic rings. The van der Waals surface area contributed by atoms with Gasteiger partial charge in [-0.2, -0.15) is 0 Å². The molecule has 2 bridgehead atoms. The molecule has 1 saturated heterocycles. The van der Waals surface area contributed by atoms with Gasteiger partial charge in [0.25, 0.3) is 0 Å². The highest BCUT2D eigenvalue weighted by Gasteiger charge is 2.47. The van der Waals surface area contributed by atoms with E-state index in [-0.39, 0.29) is 30.8 Å². The standard InChI is InChI=1S/C13H20N2O2.ClH/c16-8-13(5-1-2-6-13)15-12(17)11-9-3-4-10(11)14-7-9;/h1-2,9-11,14,16H,3-8H2,(H,15,17);1H/t9-,10-,11+;/m0./s1. The molecule has 0 radical (unpaired) electrons. The van der Waals surface area contributed by atoms with Gasteiger partial charge < -0.3 is 15.7 Å². The second kappa shape index (κ2) is 5.19. The van der Waals surface area contributed by atoms with Crippen LogP contribution in [0.25, 0.3) is 0 Å². The average Bonchev–Trinajstić information content (AvgIpc) is 3.03. The highest BCUT2D eigenvalue weighted by molar-refractivity contribution is 5.85. The molecule has 3 atom stereocenters. The van der Waals surface area contributed by atoms with Crippen molar-refractivity contribution in [1.29, 1.82) is 0 Å². The second-order valence-corrected chi connectivity index (χ2v) is 5.69. The Morgan fingerprint density at radius 2 is 2.11 bits per heavy atom. The number of rotatable bonds is 3. The van der Waals surface area contributed by atoms with Crippen molar-refractivity contribution in [3.05, 3.63) is 12.2 Å². The molecule has 3 rings (SSSR count). The maximum Gasteiger partial charge on any atom is 0.225 e. The maximum atomic E-state index is 12.3. The van der Waals surface area contributed by atoms with E-state index in [2.05, 4.69) is 10.6 Å². The number of fused-ring (bicyclic) bond motifs is 2. The molecule has 1 saturated carbocycles. The molecule has 5 heteroatoms. The van der Waals surface area contributed by atoms with Crippen LogP contribution in [0.1, 0.15) is 25.7 Å². The summed E-state index contributed by atoms with van der Waals surface area (Å²) >= 11 is 0. The molecule has 3 N–H and O–H groups in total. The van der Waals surface area contributed by atoms with Crippen LogP contribution in [0.5, 0.6) is 0 Å². The molecule has 1 aliphatic heterocycles. The third-order valence-electron chi connectivity index (χ3n) is 4.61. The van der Waals surface area contributed by atoms with Crippen molar-refractivity contribution in [1.82, 2.24) is 10.6 Å². The number of hydrogen-bond donors (Lipinski definition) is 3. The van der Waals surface area contributed by atoms with E-state index in [1.807, 2.05) is 12.2 Å². The Kier molecular flexibility index (Phi) is 3.99. The van der Waals surface area contributed by atoms with Gasteiger partial charge in [0, 0.05) is 6.04 Å². The van der Waals surface area contributed by atoms with Gasteiger partial charge in [-0.25, -0.2) is 0 Å². The summed E-state index contributed by atoms with van der Waals surface area (Å²) in [6.45, 7) is 1.01. The van der Waals surface area contributed by atoms with Crippen LogP contribution in [-0.2, 0) is 4.79 Å². The number of piperidine rings is 1. The van der Waals surface area contributed by atoms with Crippen LogP contribution >= 0.6 is 12.4 Å². The van der Waals surface area contributed by atoms with Gasteiger partial charge in [-0.3, -0.25) is 4.79 Å². The smallest absolute Gasteiger partial charge is 0.225 e. The summed E-state index contributed by atoms with van der Waals surface area (Å²) < 4.78 is 0. The third-order valence-corrected chi connectivity index (χ3v) is 4.61. The quantitative estimate of drug-likeness (QED) is 0.660. The van der Waals surface area contributed by atoms with Crippen molar-refractivity contribution < 1.29 is 9.90 Å². The lowest BCUT2D eigenvalue weighted by molar-refractivity contribution is -0.128. The second-order valence-electron chi connectivity index (χ2n) is 5.69. The Labute approximate surface area is 114 Å². The molecule has 0 aromatic rings. The third kappa shape index (κ3) is 2.17.